The normalized spacial score (nSPS) is 15.9. The zero-order valence-corrected chi connectivity index (χ0v) is 11.5. The molecule has 0 radical (unpaired) electrons. The van der Waals surface area contributed by atoms with E-state index in [0.717, 1.165) is 31.7 Å². The van der Waals surface area contributed by atoms with Crippen molar-refractivity contribution in [1.82, 2.24) is 9.80 Å². The third kappa shape index (κ3) is 3.80. The number of nitriles is 1. The molecule has 0 atom stereocenters. The molecule has 0 bridgehead atoms. The molecule has 0 aromatic heterocycles. The third-order valence-corrected chi connectivity index (χ3v) is 3.58. The highest BCUT2D eigenvalue weighted by Gasteiger charge is 2.20. The van der Waals surface area contributed by atoms with E-state index in [1.807, 2.05) is 17.0 Å². The van der Waals surface area contributed by atoms with Crippen LogP contribution >= 0.6 is 0 Å². The van der Waals surface area contributed by atoms with Crippen LogP contribution < -0.4 is 0 Å². The smallest absolute Gasteiger partial charge is 0.227 e. The molecule has 0 spiro atoms. The molecular weight excluding hydrogens is 254 g/mol. The van der Waals surface area contributed by atoms with Crippen molar-refractivity contribution in [2.45, 2.75) is 6.42 Å². The van der Waals surface area contributed by atoms with E-state index in [-0.39, 0.29) is 12.5 Å². The topological polar surface area (TPSA) is 67.6 Å². The van der Waals surface area contributed by atoms with Gasteiger partial charge in [0.15, 0.2) is 0 Å². The van der Waals surface area contributed by atoms with Crippen LogP contribution in [0.3, 0.4) is 0 Å². The summed E-state index contributed by atoms with van der Waals surface area (Å²) in [5.74, 6) is 0.123. The lowest BCUT2D eigenvalue weighted by molar-refractivity contribution is -0.132. The van der Waals surface area contributed by atoms with Crippen LogP contribution in [0.4, 0.5) is 0 Å². The Morgan fingerprint density at radius 1 is 1.20 bits per heavy atom. The fourth-order valence-electron chi connectivity index (χ4n) is 2.35. The molecule has 1 N–H and O–H groups in total. The van der Waals surface area contributed by atoms with E-state index in [0.29, 0.717) is 18.5 Å². The Labute approximate surface area is 119 Å². The lowest BCUT2D eigenvalue weighted by Crippen LogP contribution is -2.49. The zero-order valence-electron chi connectivity index (χ0n) is 11.5. The van der Waals surface area contributed by atoms with E-state index in [2.05, 4.69) is 11.0 Å². The largest absolute Gasteiger partial charge is 0.395 e. The van der Waals surface area contributed by atoms with Crippen LogP contribution in [0.15, 0.2) is 24.3 Å². The monoisotopic (exact) mass is 273 g/mol. The van der Waals surface area contributed by atoms with Crippen LogP contribution in [-0.2, 0) is 11.2 Å². The highest BCUT2D eigenvalue weighted by molar-refractivity contribution is 5.78. The van der Waals surface area contributed by atoms with Gasteiger partial charge >= 0.3 is 0 Å². The minimum atomic E-state index is 0.123. The maximum Gasteiger partial charge on any atom is 0.227 e. The summed E-state index contributed by atoms with van der Waals surface area (Å²) in [5, 5.41) is 17.6. The summed E-state index contributed by atoms with van der Waals surface area (Å²) in [7, 11) is 0. The second kappa shape index (κ2) is 7.04. The highest BCUT2D eigenvalue weighted by atomic mass is 16.3. The van der Waals surface area contributed by atoms with Crippen LogP contribution in [-0.4, -0.2) is 60.1 Å². The molecule has 0 aliphatic carbocycles. The predicted molar refractivity (Wildman–Crippen MR) is 75.0 cm³/mol. The van der Waals surface area contributed by atoms with E-state index in [1.54, 1.807) is 12.1 Å². The lowest BCUT2D eigenvalue weighted by Gasteiger charge is -2.34. The number of benzene rings is 1. The molecule has 1 amide bonds. The van der Waals surface area contributed by atoms with Crippen LogP contribution in [0.2, 0.25) is 0 Å². The van der Waals surface area contributed by atoms with Crippen molar-refractivity contribution in [2.24, 2.45) is 0 Å². The summed E-state index contributed by atoms with van der Waals surface area (Å²) in [6.07, 6.45) is 0.381. The molecule has 2 rings (SSSR count). The summed E-state index contributed by atoms with van der Waals surface area (Å²) >= 11 is 0. The summed E-state index contributed by atoms with van der Waals surface area (Å²) in [5.41, 5.74) is 1.55. The van der Waals surface area contributed by atoms with Crippen molar-refractivity contribution in [3.05, 3.63) is 35.4 Å². The van der Waals surface area contributed by atoms with Crippen LogP contribution in [0.5, 0.6) is 0 Å². The van der Waals surface area contributed by atoms with E-state index in [1.165, 1.54) is 0 Å². The standard InChI is InChI=1S/C15H19N3O2/c16-12-14-3-1-13(2-4-14)11-15(20)18-7-5-17(6-8-18)9-10-19/h1-4,19H,5-11H2. The first kappa shape index (κ1) is 14.5. The van der Waals surface area contributed by atoms with Gasteiger partial charge in [0.1, 0.15) is 0 Å². The first-order chi connectivity index (χ1) is 9.72. The van der Waals surface area contributed by atoms with E-state index in [9.17, 15) is 4.79 Å². The van der Waals surface area contributed by atoms with E-state index >= 15 is 0 Å². The molecule has 1 aliphatic heterocycles. The fraction of sp³-hybridized carbons (Fsp3) is 0.467. The molecule has 1 saturated heterocycles. The van der Waals surface area contributed by atoms with Crippen LogP contribution in [0.25, 0.3) is 0 Å². The summed E-state index contributed by atoms with van der Waals surface area (Å²) in [6, 6.07) is 9.21. The van der Waals surface area contributed by atoms with Gasteiger partial charge in [0.05, 0.1) is 24.7 Å². The minimum Gasteiger partial charge on any atom is -0.395 e. The number of carbonyl (C=O) groups excluding carboxylic acids is 1. The molecule has 20 heavy (non-hydrogen) atoms. The number of carbonyl (C=O) groups is 1. The maximum atomic E-state index is 12.2. The second-order valence-corrected chi connectivity index (χ2v) is 4.93. The molecule has 1 fully saturated rings. The number of nitrogens with zero attached hydrogens (tertiary/aromatic N) is 3. The molecule has 106 valence electrons. The number of amides is 1. The van der Waals surface area contributed by atoms with Gasteiger partial charge in [-0.1, -0.05) is 12.1 Å². The van der Waals surface area contributed by atoms with Gasteiger partial charge in [0.25, 0.3) is 0 Å². The van der Waals surface area contributed by atoms with Gasteiger partial charge in [-0.05, 0) is 17.7 Å². The van der Waals surface area contributed by atoms with Crippen LogP contribution in [0, 0.1) is 11.3 Å². The van der Waals surface area contributed by atoms with Gasteiger partial charge in [-0.3, -0.25) is 9.69 Å². The van der Waals surface area contributed by atoms with Gasteiger partial charge in [-0.15, -0.1) is 0 Å². The lowest BCUT2D eigenvalue weighted by atomic mass is 10.1. The number of piperazine rings is 1. The molecule has 1 aromatic rings. The molecule has 0 unspecified atom stereocenters. The number of rotatable bonds is 4. The van der Waals surface area contributed by atoms with Gasteiger partial charge in [-0.2, -0.15) is 5.26 Å². The van der Waals surface area contributed by atoms with Crippen molar-refractivity contribution >= 4 is 5.91 Å². The second-order valence-electron chi connectivity index (χ2n) is 4.93. The Hall–Kier alpha value is -1.90. The highest BCUT2D eigenvalue weighted by Crippen LogP contribution is 2.08. The zero-order chi connectivity index (χ0) is 14.4. The number of aliphatic hydroxyl groups is 1. The number of hydrogen-bond acceptors (Lipinski definition) is 4. The summed E-state index contributed by atoms with van der Waals surface area (Å²) in [4.78, 5) is 16.2. The molecule has 0 saturated carbocycles. The molecule has 5 heteroatoms. The minimum absolute atomic E-state index is 0.123. The van der Waals surface area contributed by atoms with Gasteiger partial charge < -0.3 is 10.0 Å². The molecule has 1 aromatic carbocycles. The third-order valence-electron chi connectivity index (χ3n) is 3.58. The quantitative estimate of drug-likeness (QED) is 0.853. The molecular formula is C15H19N3O2. The van der Waals surface area contributed by atoms with Gasteiger partial charge in [0, 0.05) is 32.7 Å². The Morgan fingerprint density at radius 3 is 2.40 bits per heavy atom. The first-order valence-corrected chi connectivity index (χ1v) is 6.83. The summed E-state index contributed by atoms with van der Waals surface area (Å²) < 4.78 is 0. The Balaban J connectivity index is 1.84. The van der Waals surface area contributed by atoms with Crippen molar-refractivity contribution in [1.29, 1.82) is 5.26 Å². The average Bonchev–Trinajstić information content (AvgIpc) is 2.49. The molecule has 5 nitrogen and oxygen atoms in total. The van der Waals surface area contributed by atoms with Gasteiger partial charge in [0.2, 0.25) is 5.91 Å². The van der Waals surface area contributed by atoms with Crippen molar-refractivity contribution < 1.29 is 9.90 Å². The Bertz CT molecular complexity index is 485. The van der Waals surface area contributed by atoms with Crippen molar-refractivity contribution in [3.8, 4) is 6.07 Å². The number of hydrogen-bond donors (Lipinski definition) is 1. The number of aliphatic hydroxyl groups excluding tert-OH is 1. The SMILES string of the molecule is N#Cc1ccc(CC(=O)N2CCN(CCO)CC2)cc1. The number of β-amino-alcohol motifs (C(OH)–C–C–N with tert-alkyl or cyclic N) is 1. The van der Waals surface area contributed by atoms with Crippen molar-refractivity contribution in [3.63, 3.8) is 0 Å². The molecule has 1 aliphatic rings. The first-order valence-electron chi connectivity index (χ1n) is 6.83. The van der Waals surface area contributed by atoms with Gasteiger partial charge in [-0.25, -0.2) is 0 Å². The Morgan fingerprint density at radius 2 is 1.85 bits per heavy atom. The van der Waals surface area contributed by atoms with E-state index < -0.39 is 0 Å². The maximum absolute atomic E-state index is 12.2. The van der Waals surface area contributed by atoms with Crippen LogP contribution in [0.1, 0.15) is 11.1 Å². The predicted octanol–water partition coefficient (Wildman–Crippen LogP) is 0.237. The Kier molecular flexibility index (Phi) is 5.10. The fourth-order valence-corrected chi connectivity index (χ4v) is 2.35. The average molecular weight is 273 g/mol. The van der Waals surface area contributed by atoms with Crippen molar-refractivity contribution in [2.75, 3.05) is 39.3 Å². The molecule has 1 heterocycles. The van der Waals surface area contributed by atoms with E-state index in [4.69, 9.17) is 10.4 Å². The summed E-state index contributed by atoms with van der Waals surface area (Å²) in [6.45, 7) is 3.92.